The molecule has 0 radical (unpaired) electrons. The summed E-state index contributed by atoms with van der Waals surface area (Å²) in [5.74, 6) is 0.925. The average Bonchev–Trinajstić information content (AvgIpc) is 2.92. The van der Waals surface area contributed by atoms with Gasteiger partial charge in [-0.05, 0) is 0 Å². The van der Waals surface area contributed by atoms with E-state index >= 15 is 0 Å². The molecule has 5 nitrogen and oxygen atoms in total. The third-order valence-corrected chi connectivity index (χ3v) is 4.41. The molecule has 1 unspecified atom stereocenters. The second kappa shape index (κ2) is 6.97. The number of carbonyl (C=O) groups excluding carboxylic acids is 1. The number of amides is 1. The van der Waals surface area contributed by atoms with Crippen molar-refractivity contribution in [1.82, 2.24) is 20.9 Å². The van der Waals surface area contributed by atoms with Gasteiger partial charge in [-0.2, -0.15) is 13.2 Å². The molecule has 0 saturated carbocycles. The van der Waals surface area contributed by atoms with E-state index in [4.69, 9.17) is 0 Å². The maximum absolute atomic E-state index is 13.1. The zero-order valence-electron chi connectivity index (χ0n) is 11.0. The Morgan fingerprint density at radius 3 is 2.65 bits per heavy atom. The smallest absolute Gasteiger partial charge is 0.353 e. The number of alkyl halides is 3. The van der Waals surface area contributed by atoms with Crippen LogP contribution in [0.3, 0.4) is 0 Å². The van der Waals surface area contributed by atoms with E-state index in [-0.39, 0.29) is 18.5 Å². The molecule has 2 saturated heterocycles. The van der Waals surface area contributed by atoms with Gasteiger partial charge in [0, 0.05) is 44.4 Å². The largest absolute Gasteiger partial charge is 0.405 e. The van der Waals surface area contributed by atoms with E-state index in [9.17, 15) is 18.0 Å². The zero-order valence-corrected chi connectivity index (χ0v) is 11.8. The minimum Gasteiger partial charge on any atom is -0.353 e. The summed E-state index contributed by atoms with van der Waals surface area (Å²) >= 11 is 1.57. The fourth-order valence-corrected chi connectivity index (χ4v) is 3.27. The average molecular weight is 312 g/mol. The van der Waals surface area contributed by atoms with Crippen molar-refractivity contribution in [2.75, 3.05) is 44.4 Å². The van der Waals surface area contributed by atoms with Gasteiger partial charge in [0.25, 0.3) is 0 Å². The van der Waals surface area contributed by atoms with Gasteiger partial charge in [-0.15, -0.1) is 11.8 Å². The Hall–Kier alpha value is -0.510. The van der Waals surface area contributed by atoms with E-state index in [1.54, 1.807) is 11.8 Å². The lowest BCUT2D eigenvalue weighted by Crippen LogP contribution is -2.58. The van der Waals surface area contributed by atoms with Crippen LogP contribution in [0, 0.1) is 0 Å². The molecule has 9 heteroatoms. The van der Waals surface area contributed by atoms with Crippen LogP contribution in [0.25, 0.3) is 0 Å². The van der Waals surface area contributed by atoms with Crippen molar-refractivity contribution in [3.8, 4) is 0 Å². The van der Waals surface area contributed by atoms with Crippen molar-refractivity contribution in [2.45, 2.75) is 18.3 Å². The molecule has 3 N–H and O–H groups in total. The molecule has 2 aliphatic heterocycles. The van der Waals surface area contributed by atoms with E-state index in [2.05, 4.69) is 16.0 Å². The van der Waals surface area contributed by atoms with E-state index in [1.807, 2.05) is 0 Å². The Balaban J connectivity index is 1.88. The Kier molecular flexibility index (Phi) is 5.53. The maximum Gasteiger partial charge on any atom is 0.405 e. The SMILES string of the molecule is O=C(NCC(N1CCNCC1)C(F)(F)F)[C@H]1CSCN1. The molecule has 0 aromatic carbocycles. The molecule has 2 rings (SSSR count). The standard InChI is InChI=1S/C11H19F3N4OS/c12-11(13,14)9(18-3-1-15-2-4-18)5-16-10(19)8-6-20-7-17-8/h8-9,15,17H,1-7H2,(H,16,19)/t8-,9?/m1/s1. The van der Waals surface area contributed by atoms with Crippen molar-refractivity contribution in [3.63, 3.8) is 0 Å². The summed E-state index contributed by atoms with van der Waals surface area (Å²) < 4.78 is 39.3. The molecule has 2 fully saturated rings. The highest BCUT2D eigenvalue weighted by molar-refractivity contribution is 7.99. The third-order valence-electron chi connectivity index (χ3n) is 3.47. The normalized spacial score (nSPS) is 26.4. The van der Waals surface area contributed by atoms with Crippen molar-refractivity contribution < 1.29 is 18.0 Å². The first-order valence-electron chi connectivity index (χ1n) is 6.59. The molecule has 2 atom stereocenters. The van der Waals surface area contributed by atoms with Gasteiger partial charge < -0.3 is 10.6 Å². The number of piperazine rings is 1. The molecule has 0 aromatic heterocycles. The highest BCUT2D eigenvalue weighted by atomic mass is 32.2. The molecule has 116 valence electrons. The summed E-state index contributed by atoms with van der Waals surface area (Å²) in [6.07, 6.45) is -4.33. The van der Waals surface area contributed by atoms with E-state index in [0.29, 0.717) is 37.8 Å². The molecule has 2 heterocycles. The predicted octanol–water partition coefficient (Wildman–Crippen LogP) is -0.399. The highest BCUT2D eigenvalue weighted by Crippen LogP contribution is 2.24. The summed E-state index contributed by atoms with van der Waals surface area (Å²) in [4.78, 5) is 13.2. The fraction of sp³-hybridized carbons (Fsp3) is 0.909. The van der Waals surface area contributed by atoms with Gasteiger partial charge in [0.1, 0.15) is 6.04 Å². The predicted molar refractivity (Wildman–Crippen MR) is 71.5 cm³/mol. The van der Waals surface area contributed by atoms with Crippen LogP contribution in [-0.4, -0.2) is 73.4 Å². The summed E-state index contributed by atoms with van der Waals surface area (Å²) in [6.45, 7) is 1.39. The first-order valence-corrected chi connectivity index (χ1v) is 7.74. The van der Waals surface area contributed by atoms with Gasteiger partial charge in [0.2, 0.25) is 5.91 Å². The second-order valence-corrected chi connectivity index (χ2v) is 5.89. The molecule has 0 aromatic rings. The van der Waals surface area contributed by atoms with Crippen molar-refractivity contribution in [1.29, 1.82) is 0 Å². The number of rotatable bonds is 4. The number of nitrogens with one attached hydrogen (secondary N) is 3. The molecule has 0 aliphatic carbocycles. The summed E-state index contributed by atoms with van der Waals surface area (Å²) in [5.41, 5.74) is 0. The summed E-state index contributed by atoms with van der Waals surface area (Å²) in [7, 11) is 0. The van der Waals surface area contributed by atoms with Gasteiger partial charge in [-0.1, -0.05) is 0 Å². The van der Waals surface area contributed by atoms with Crippen LogP contribution in [-0.2, 0) is 4.79 Å². The fourth-order valence-electron chi connectivity index (χ4n) is 2.33. The van der Waals surface area contributed by atoms with Crippen LogP contribution < -0.4 is 16.0 Å². The number of hydrogen-bond acceptors (Lipinski definition) is 5. The first kappa shape index (κ1) is 15.9. The van der Waals surface area contributed by atoms with Gasteiger partial charge in [-0.3, -0.25) is 15.0 Å². The number of carbonyl (C=O) groups is 1. The molecule has 1 amide bonds. The number of nitrogens with zero attached hydrogens (tertiary/aromatic N) is 1. The third kappa shape index (κ3) is 4.24. The Morgan fingerprint density at radius 2 is 2.10 bits per heavy atom. The highest BCUT2D eigenvalue weighted by Gasteiger charge is 2.44. The van der Waals surface area contributed by atoms with Crippen LogP contribution in [0.2, 0.25) is 0 Å². The molecule has 0 bridgehead atoms. The van der Waals surface area contributed by atoms with Gasteiger partial charge in [-0.25, -0.2) is 0 Å². The number of hydrogen-bond donors (Lipinski definition) is 3. The molecule has 0 spiro atoms. The van der Waals surface area contributed by atoms with Crippen LogP contribution >= 0.6 is 11.8 Å². The van der Waals surface area contributed by atoms with Crippen LogP contribution in [0.15, 0.2) is 0 Å². The molecule has 2 aliphatic rings. The summed E-state index contributed by atoms with van der Waals surface area (Å²) in [5, 5.41) is 8.40. The number of thioether (sulfide) groups is 1. The lowest BCUT2D eigenvalue weighted by atomic mass is 10.2. The zero-order chi connectivity index (χ0) is 14.6. The second-order valence-electron chi connectivity index (χ2n) is 4.86. The van der Waals surface area contributed by atoms with Crippen molar-refractivity contribution in [2.24, 2.45) is 0 Å². The minimum absolute atomic E-state index is 0.345. The van der Waals surface area contributed by atoms with E-state index in [1.165, 1.54) is 4.90 Å². The Morgan fingerprint density at radius 1 is 1.40 bits per heavy atom. The van der Waals surface area contributed by atoms with Crippen molar-refractivity contribution in [3.05, 3.63) is 0 Å². The van der Waals surface area contributed by atoms with Crippen LogP contribution in [0.4, 0.5) is 13.2 Å². The van der Waals surface area contributed by atoms with Crippen LogP contribution in [0.5, 0.6) is 0 Å². The van der Waals surface area contributed by atoms with Crippen molar-refractivity contribution >= 4 is 17.7 Å². The Labute approximate surface area is 120 Å². The lowest BCUT2D eigenvalue weighted by Gasteiger charge is -2.36. The summed E-state index contributed by atoms with van der Waals surface area (Å²) in [6, 6.07) is -1.99. The molecule has 20 heavy (non-hydrogen) atoms. The number of halogens is 3. The molecular formula is C11H19F3N4OS. The Bertz CT molecular complexity index is 330. The first-order chi connectivity index (χ1) is 9.48. The maximum atomic E-state index is 13.1. The van der Waals surface area contributed by atoms with Gasteiger partial charge >= 0.3 is 6.18 Å². The van der Waals surface area contributed by atoms with Crippen LogP contribution in [0.1, 0.15) is 0 Å². The van der Waals surface area contributed by atoms with E-state index in [0.717, 1.165) is 0 Å². The topological polar surface area (TPSA) is 56.4 Å². The van der Waals surface area contributed by atoms with Gasteiger partial charge in [0.05, 0.1) is 6.04 Å². The quantitative estimate of drug-likeness (QED) is 0.660. The van der Waals surface area contributed by atoms with E-state index < -0.39 is 12.2 Å². The lowest BCUT2D eigenvalue weighted by molar-refractivity contribution is -0.184. The minimum atomic E-state index is -4.33. The van der Waals surface area contributed by atoms with Gasteiger partial charge in [0.15, 0.2) is 0 Å². The molecular weight excluding hydrogens is 293 g/mol. The monoisotopic (exact) mass is 312 g/mol.